The van der Waals surface area contributed by atoms with Crippen LogP contribution < -0.4 is 4.72 Å². The summed E-state index contributed by atoms with van der Waals surface area (Å²) in [7, 11) is -6.06. The third kappa shape index (κ3) is 5.66. The fourth-order valence-corrected chi connectivity index (χ4v) is 4.53. The van der Waals surface area contributed by atoms with Crippen LogP contribution in [-0.2, 0) is 38.7 Å². The molecule has 29 heavy (non-hydrogen) atoms. The molecule has 1 heterocycles. The van der Waals surface area contributed by atoms with E-state index >= 15 is 0 Å². The van der Waals surface area contributed by atoms with Gasteiger partial charge in [-0.25, -0.2) is 13.1 Å². The van der Waals surface area contributed by atoms with Crippen LogP contribution in [0.3, 0.4) is 0 Å². The molecule has 0 aliphatic rings. The fourth-order valence-electron chi connectivity index (χ4n) is 3.29. The molecule has 3 aromatic rings. The SMILES string of the molecule is CNS(=O)(=O)Cc1ccc2[nH]cc(CCCCc3ccc(S(=O)(=O)O)cc3)c2c1. The van der Waals surface area contributed by atoms with Crippen LogP contribution in [0.15, 0.2) is 53.6 Å². The number of unbranched alkanes of at least 4 members (excludes halogenated alkanes) is 1. The molecule has 0 saturated heterocycles. The number of hydrogen-bond acceptors (Lipinski definition) is 4. The molecule has 7 nitrogen and oxygen atoms in total. The highest BCUT2D eigenvalue weighted by Crippen LogP contribution is 2.23. The molecule has 9 heteroatoms. The number of aryl methyl sites for hydroxylation is 2. The monoisotopic (exact) mass is 436 g/mol. The van der Waals surface area contributed by atoms with Gasteiger partial charge in [-0.3, -0.25) is 4.55 Å². The minimum absolute atomic E-state index is 0.0520. The number of nitrogens with one attached hydrogen (secondary N) is 2. The molecule has 0 fully saturated rings. The molecule has 0 atom stereocenters. The molecule has 0 bridgehead atoms. The van der Waals surface area contributed by atoms with E-state index in [0.717, 1.165) is 53.3 Å². The highest BCUT2D eigenvalue weighted by Gasteiger charge is 2.11. The van der Waals surface area contributed by atoms with Gasteiger partial charge in [-0.05, 0) is 73.7 Å². The van der Waals surface area contributed by atoms with E-state index in [1.165, 1.54) is 19.2 Å². The van der Waals surface area contributed by atoms with Crippen molar-refractivity contribution in [3.63, 3.8) is 0 Å². The molecule has 0 unspecified atom stereocenters. The molecule has 2 aromatic carbocycles. The molecule has 1 aromatic heterocycles. The molecule has 0 amide bonds. The van der Waals surface area contributed by atoms with E-state index in [-0.39, 0.29) is 10.6 Å². The number of sulfonamides is 1. The van der Waals surface area contributed by atoms with Crippen molar-refractivity contribution in [2.75, 3.05) is 7.05 Å². The van der Waals surface area contributed by atoms with Crippen molar-refractivity contribution in [2.24, 2.45) is 0 Å². The molecule has 3 N–H and O–H groups in total. The topological polar surface area (TPSA) is 116 Å². The van der Waals surface area contributed by atoms with E-state index in [2.05, 4.69) is 9.71 Å². The number of fused-ring (bicyclic) bond motifs is 1. The lowest BCUT2D eigenvalue weighted by Gasteiger charge is -2.05. The van der Waals surface area contributed by atoms with Crippen LogP contribution in [0.4, 0.5) is 0 Å². The first-order valence-corrected chi connectivity index (χ1v) is 12.3. The molecule has 0 radical (unpaired) electrons. The van der Waals surface area contributed by atoms with Crippen molar-refractivity contribution >= 4 is 31.0 Å². The standard InChI is InChI=1S/C20H24N2O5S2/c1-21-28(23,24)14-16-8-11-20-19(12-16)17(13-22-20)5-3-2-4-15-6-9-18(10-7-15)29(25,26)27/h6-13,21-22H,2-5,14H2,1H3,(H,25,26,27). The molecule has 156 valence electrons. The average Bonchev–Trinajstić information content (AvgIpc) is 3.07. The van der Waals surface area contributed by atoms with E-state index in [1.54, 1.807) is 12.1 Å². The predicted molar refractivity (Wildman–Crippen MR) is 113 cm³/mol. The summed E-state index contributed by atoms with van der Waals surface area (Å²) in [6.45, 7) is 0. The number of H-pyrrole nitrogens is 1. The number of rotatable bonds is 9. The third-order valence-electron chi connectivity index (χ3n) is 4.88. The maximum Gasteiger partial charge on any atom is 0.294 e. The Kier molecular flexibility index (Phi) is 6.42. The van der Waals surface area contributed by atoms with Crippen molar-refractivity contribution < 1.29 is 21.4 Å². The van der Waals surface area contributed by atoms with E-state index in [9.17, 15) is 16.8 Å². The van der Waals surface area contributed by atoms with Gasteiger partial charge in [-0.2, -0.15) is 8.42 Å². The number of aromatic nitrogens is 1. The van der Waals surface area contributed by atoms with E-state index < -0.39 is 20.1 Å². The van der Waals surface area contributed by atoms with Crippen LogP contribution in [-0.4, -0.2) is 33.4 Å². The minimum atomic E-state index is -4.16. The van der Waals surface area contributed by atoms with Crippen LogP contribution in [0, 0.1) is 0 Å². The summed E-state index contributed by atoms with van der Waals surface area (Å²) in [5, 5.41) is 1.03. The minimum Gasteiger partial charge on any atom is -0.361 e. The van der Waals surface area contributed by atoms with Gasteiger partial charge in [0.05, 0.1) is 10.6 Å². The quantitative estimate of drug-likeness (QED) is 0.352. The fraction of sp³-hybridized carbons (Fsp3) is 0.300. The smallest absolute Gasteiger partial charge is 0.294 e. The Labute approximate surface area is 171 Å². The first-order chi connectivity index (χ1) is 13.7. The van der Waals surface area contributed by atoms with Gasteiger partial charge >= 0.3 is 0 Å². The van der Waals surface area contributed by atoms with Gasteiger partial charge in [0.1, 0.15) is 0 Å². The summed E-state index contributed by atoms with van der Waals surface area (Å²) in [6, 6.07) is 11.9. The molecule has 3 rings (SSSR count). The zero-order chi connectivity index (χ0) is 21.1. The van der Waals surface area contributed by atoms with Gasteiger partial charge in [0.15, 0.2) is 0 Å². The number of hydrogen-bond donors (Lipinski definition) is 3. The van der Waals surface area contributed by atoms with Crippen molar-refractivity contribution in [2.45, 2.75) is 36.3 Å². The lowest BCUT2D eigenvalue weighted by molar-refractivity contribution is 0.483. The Balaban J connectivity index is 1.60. The zero-order valence-corrected chi connectivity index (χ0v) is 17.7. The summed E-state index contributed by atoms with van der Waals surface area (Å²) in [4.78, 5) is 3.12. The molecule has 0 spiro atoms. The van der Waals surface area contributed by atoms with Crippen LogP contribution in [0.25, 0.3) is 10.9 Å². The lowest BCUT2D eigenvalue weighted by Crippen LogP contribution is -2.20. The highest BCUT2D eigenvalue weighted by atomic mass is 32.2. The van der Waals surface area contributed by atoms with Gasteiger partial charge in [-0.15, -0.1) is 0 Å². The van der Waals surface area contributed by atoms with Crippen LogP contribution in [0.1, 0.15) is 29.5 Å². The number of benzene rings is 2. The van der Waals surface area contributed by atoms with E-state index in [4.69, 9.17) is 4.55 Å². The van der Waals surface area contributed by atoms with Gasteiger partial charge in [-0.1, -0.05) is 18.2 Å². The second-order valence-electron chi connectivity index (χ2n) is 6.98. The summed E-state index contributed by atoms with van der Waals surface area (Å²) in [6.07, 6.45) is 5.48. The van der Waals surface area contributed by atoms with Crippen molar-refractivity contribution in [3.05, 3.63) is 65.4 Å². The highest BCUT2D eigenvalue weighted by molar-refractivity contribution is 7.88. The van der Waals surface area contributed by atoms with E-state index in [0.29, 0.717) is 0 Å². The second-order valence-corrected chi connectivity index (χ2v) is 10.3. The molecule has 0 aliphatic heterocycles. The van der Waals surface area contributed by atoms with Gasteiger partial charge in [0.2, 0.25) is 10.0 Å². The van der Waals surface area contributed by atoms with Gasteiger partial charge in [0.25, 0.3) is 10.1 Å². The van der Waals surface area contributed by atoms with Gasteiger partial charge in [0, 0.05) is 17.1 Å². The predicted octanol–water partition coefficient (Wildman–Crippen LogP) is 3.03. The Hall–Kier alpha value is -2.20. The summed E-state index contributed by atoms with van der Waals surface area (Å²) < 4.78 is 57.1. The maximum absolute atomic E-state index is 11.8. The summed E-state index contributed by atoms with van der Waals surface area (Å²) in [5.74, 6) is -0.0520. The Bertz CT molecular complexity index is 1200. The van der Waals surface area contributed by atoms with Crippen molar-refractivity contribution in [1.29, 1.82) is 0 Å². The summed E-state index contributed by atoms with van der Waals surface area (Å²) in [5.41, 5.74) is 3.87. The molecular formula is C20H24N2O5S2. The van der Waals surface area contributed by atoms with Crippen LogP contribution >= 0.6 is 0 Å². The van der Waals surface area contributed by atoms with Crippen molar-refractivity contribution in [3.8, 4) is 0 Å². The average molecular weight is 437 g/mol. The summed E-state index contributed by atoms with van der Waals surface area (Å²) >= 11 is 0. The van der Waals surface area contributed by atoms with E-state index in [1.807, 2.05) is 24.4 Å². The molecular weight excluding hydrogens is 412 g/mol. The zero-order valence-electron chi connectivity index (χ0n) is 16.1. The second kappa shape index (κ2) is 8.66. The Morgan fingerprint density at radius 3 is 2.24 bits per heavy atom. The Morgan fingerprint density at radius 2 is 1.59 bits per heavy atom. The van der Waals surface area contributed by atoms with Gasteiger partial charge < -0.3 is 4.98 Å². The lowest BCUT2D eigenvalue weighted by atomic mass is 10.0. The van der Waals surface area contributed by atoms with Crippen molar-refractivity contribution in [1.82, 2.24) is 9.71 Å². The third-order valence-corrected chi connectivity index (χ3v) is 7.09. The molecule has 0 aliphatic carbocycles. The van der Waals surface area contributed by atoms with Crippen LogP contribution in [0.5, 0.6) is 0 Å². The normalized spacial score (nSPS) is 12.5. The Morgan fingerprint density at radius 1 is 0.931 bits per heavy atom. The van der Waals surface area contributed by atoms with Crippen LogP contribution in [0.2, 0.25) is 0 Å². The molecule has 0 saturated carbocycles. The first-order valence-electron chi connectivity index (χ1n) is 9.24. The largest absolute Gasteiger partial charge is 0.361 e. The maximum atomic E-state index is 11.8. The number of aromatic amines is 1. The first kappa shape index (κ1) is 21.5.